The van der Waals surface area contributed by atoms with E-state index in [2.05, 4.69) is 22.0 Å². The molecule has 1 aliphatic rings. The van der Waals surface area contributed by atoms with E-state index in [0.717, 1.165) is 25.3 Å². The molecule has 2 aromatic heterocycles. The van der Waals surface area contributed by atoms with Crippen LogP contribution in [0, 0.1) is 5.92 Å². The normalized spacial score (nSPS) is 20.2. The Balaban J connectivity index is 1.83. The molecular formula is C13H16N4O2. The highest BCUT2D eigenvalue weighted by Gasteiger charge is 2.21. The van der Waals surface area contributed by atoms with E-state index in [1.807, 2.05) is 0 Å². The second-order valence-corrected chi connectivity index (χ2v) is 5.17. The molecule has 0 amide bonds. The summed E-state index contributed by atoms with van der Waals surface area (Å²) in [5.41, 5.74) is 0.841. The first-order valence-electron chi connectivity index (χ1n) is 6.39. The first-order chi connectivity index (χ1) is 9.11. The first kappa shape index (κ1) is 12.1. The van der Waals surface area contributed by atoms with Gasteiger partial charge in [0.15, 0.2) is 11.5 Å². The molecule has 0 radical (unpaired) electrons. The summed E-state index contributed by atoms with van der Waals surface area (Å²) in [6, 6.07) is 3.09. The molecule has 6 heteroatoms. The first-order valence-corrected chi connectivity index (χ1v) is 6.39. The maximum atomic E-state index is 10.9. The van der Waals surface area contributed by atoms with Gasteiger partial charge >= 0.3 is 5.97 Å². The minimum Gasteiger partial charge on any atom is -0.478 e. The van der Waals surface area contributed by atoms with Gasteiger partial charge in [0.2, 0.25) is 0 Å². The average Bonchev–Trinajstić information content (AvgIpc) is 2.94. The van der Waals surface area contributed by atoms with Crippen molar-refractivity contribution in [2.75, 3.05) is 20.1 Å². The highest BCUT2D eigenvalue weighted by molar-refractivity contribution is 5.88. The van der Waals surface area contributed by atoms with E-state index in [1.165, 1.54) is 12.5 Å². The van der Waals surface area contributed by atoms with Crippen molar-refractivity contribution in [2.24, 2.45) is 5.92 Å². The molecule has 1 saturated heterocycles. The number of carboxylic acids is 1. The lowest BCUT2D eigenvalue weighted by molar-refractivity contribution is 0.0697. The van der Waals surface area contributed by atoms with Crippen LogP contribution in [0.25, 0.3) is 5.65 Å². The van der Waals surface area contributed by atoms with Crippen LogP contribution in [-0.2, 0) is 6.42 Å². The fraction of sp³-hybridized carbons (Fsp3) is 0.462. The Hall–Kier alpha value is -1.95. The quantitative estimate of drug-likeness (QED) is 0.888. The van der Waals surface area contributed by atoms with Crippen molar-refractivity contribution in [3.05, 3.63) is 29.7 Å². The van der Waals surface area contributed by atoms with Gasteiger partial charge in [-0.25, -0.2) is 14.3 Å². The third kappa shape index (κ3) is 2.44. The molecule has 0 aromatic carbocycles. The van der Waals surface area contributed by atoms with Crippen LogP contribution >= 0.6 is 0 Å². The monoisotopic (exact) mass is 260 g/mol. The molecular weight excluding hydrogens is 244 g/mol. The van der Waals surface area contributed by atoms with Crippen LogP contribution in [-0.4, -0.2) is 50.7 Å². The number of hydrogen-bond acceptors (Lipinski definition) is 4. The maximum absolute atomic E-state index is 10.9. The van der Waals surface area contributed by atoms with E-state index in [1.54, 1.807) is 16.8 Å². The Morgan fingerprint density at radius 3 is 3.11 bits per heavy atom. The molecule has 6 nitrogen and oxygen atoms in total. The summed E-state index contributed by atoms with van der Waals surface area (Å²) in [5.74, 6) is 0.452. The summed E-state index contributed by atoms with van der Waals surface area (Å²) in [5, 5.41) is 13.3. The second-order valence-electron chi connectivity index (χ2n) is 5.17. The Bertz CT molecular complexity index is 622. The number of fused-ring (bicyclic) bond motifs is 1. The Morgan fingerprint density at radius 2 is 2.42 bits per heavy atom. The number of carboxylic acid groups (broad SMARTS) is 1. The number of aromatic carboxylic acids is 1. The lowest BCUT2D eigenvalue weighted by Crippen LogP contribution is -2.15. The fourth-order valence-electron chi connectivity index (χ4n) is 2.60. The molecule has 100 valence electrons. The van der Waals surface area contributed by atoms with Crippen molar-refractivity contribution >= 4 is 11.6 Å². The molecule has 3 heterocycles. The van der Waals surface area contributed by atoms with Gasteiger partial charge in [-0.2, -0.15) is 5.10 Å². The van der Waals surface area contributed by atoms with Crippen molar-refractivity contribution in [2.45, 2.75) is 12.8 Å². The van der Waals surface area contributed by atoms with Crippen LogP contribution in [0.15, 0.2) is 18.3 Å². The Morgan fingerprint density at radius 1 is 1.58 bits per heavy atom. The number of likely N-dealkylation sites (tertiary alicyclic amines) is 1. The Labute approximate surface area is 110 Å². The second kappa shape index (κ2) is 4.62. The summed E-state index contributed by atoms with van der Waals surface area (Å²) in [6.45, 7) is 2.21. The van der Waals surface area contributed by atoms with E-state index < -0.39 is 5.97 Å². The van der Waals surface area contributed by atoms with Crippen molar-refractivity contribution in [3.8, 4) is 0 Å². The molecule has 0 aliphatic carbocycles. The average molecular weight is 260 g/mol. The molecule has 1 aliphatic heterocycles. The fourth-order valence-corrected chi connectivity index (χ4v) is 2.60. The van der Waals surface area contributed by atoms with Crippen LogP contribution in [0.4, 0.5) is 0 Å². The zero-order valence-electron chi connectivity index (χ0n) is 10.8. The van der Waals surface area contributed by atoms with Gasteiger partial charge in [0.05, 0.1) is 5.56 Å². The van der Waals surface area contributed by atoms with Crippen molar-refractivity contribution in [1.82, 2.24) is 19.5 Å². The van der Waals surface area contributed by atoms with Crippen LogP contribution < -0.4 is 0 Å². The summed E-state index contributed by atoms with van der Waals surface area (Å²) in [4.78, 5) is 17.6. The summed E-state index contributed by atoms with van der Waals surface area (Å²) in [7, 11) is 2.12. The smallest absolute Gasteiger partial charge is 0.335 e. The summed E-state index contributed by atoms with van der Waals surface area (Å²) >= 11 is 0. The topological polar surface area (TPSA) is 70.7 Å². The highest BCUT2D eigenvalue weighted by Crippen LogP contribution is 2.18. The molecule has 19 heavy (non-hydrogen) atoms. The van der Waals surface area contributed by atoms with Gasteiger partial charge in [-0.1, -0.05) is 0 Å². The summed E-state index contributed by atoms with van der Waals surface area (Å²) in [6.07, 6.45) is 3.68. The maximum Gasteiger partial charge on any atom is 0.335 e. The lowest BCUT2D eigenvalue weighted by atomic mass is 10.1. The van der Waals surface area contributed by atoms with Gasteiger partial charge in [0.1, 0.15) is 0 Å². The number of pyridine rings is 1. The molecule has 1 fully saturated rings. The van der Waals surface area contributed by atoms with Gasteiger partial charge in [-0.15, -0.1) is 0 Å². The predicted octanol–water partition coefficient (Wildman–Crippen LogP) is 0.922. The predicted molar refractivity (Wildman–Crippen MR) is 69.3 cm³/mol. The van der Waals surface area contributed by atoms with Crippen molar-refractivity contribution < 1.29 is 9.90 Å². The van der Waals surface area contributed by atoms with Crippen molar-refractivity contribution in [1.29, 1.82) is 0 Å². The minimum absolute atomic E-state index is 0.243. The zero-order valence-corrected chi connectivity index (χ0v) is 10.8. The molecule has 0 spiro atoms. The third-order valence-corrected chi connectivity index (χ3v) is 3.59. The van der Waals surface area contributed by atoms with E-state index >= 15 is 0 Å². The van der Waals surface area contributed by atoms with Crippen LogP contribution in [0.5, 0.6) is 0 Å². The van der Waals surface area contributed by atoms with Crippen LogP contribution in [0.3, 0.4) is 0 Å². The van der Waals surface area contributed by atoms with Gasteiger partial charge in [0.25, 0.3) is 0 Å². The molecule has 0 bridgehead atoms. The van der Waals surface area contributed by atoms with E-state index in [4.69, 9.17) is 5.11 Å². The number of hydrogen-bond donors (Lipinski definition) is 1. The number of aromatic nitrogens is 3. The molecule has 0 saturated carbocycles. The molecule has 3 rings (SSSR count). The van der Waals surface area contributed by atoms with Gasteiger partial charge in [-0.3, -0.25) is 0 Å². The number of carbonyl (C=O) groups is 1. The highest BCUT2D eigenvalue weighted by atomic mass is 16.4. The van der Waals surface area contributed by atoms with Gasteiger partial charge in [-0.05, 0) is 38.1 Å². The van der Waals surface area contributed by atoms with Crippen LogP contribution in [0.1, 0.15) is 22.6 Å². The van der Waals surface area contributed by atoms with Crippen LogP contribution in [0.2, 0.25) is 0 Å². The van der Waals surface area contributed by atoms with Crippen molar-refractivity contribution in [3.63, 3.8) is 0 Å². The van der Waals surface area contributed by atoms with Gasteiger partial charge < -0.3 is 10.0 Å². The molecule has 1 unspecified atom stereocenters. The van der Waals surface area contributed by atoms with Gasteiger partial charge in [0, 0.05) is 19.2 Å². The largest absolute Gasteiger partial charge is 0.478 e. The molecule has 2 aromatic rings. The summed E-state index contributed by atoms with van der Waals surface area (Å²) < 4.78 is 1.64. The number of nitrogens with zero attached hydrogens (tertiary/aromatic N) is 4. The Kier molecular flexibility index (Phi) is 2.94. The standard InChI is InChI=1S/C13H16N4O2/c1-16-4-2-9(8-16)6-11-14-12-7-10(13(18)19)3-5-17(12)15-11/h3,5,7,9H,2,4,6,8H2,1H3,(H,18,19). The zero-order chi connectivity index (χ0) is 13.4. The molecule has 1 N–H and O–H groups in total. The number of rotatable bonds is 3. The molecule has 1 atom stereocenters. The van der Waals surface area contributed by atoms with E-state index in [0.29, 0.717) is 11.6 Å². The van der Waals surface area contributed by atoms with E-state index in [-0.39, 0.29) is 5.56 Å². The minimum atomic E-state index is -0.940. The third-order valence-electron chi connectivity index (χ3n) is 3.59. The lowest BCUT2D eigenvalue weighted by Gasteiger charge is -2.07. The SMILES string of the molecule is CN1CCC(Cc2nc3cc(C(=O)O)ccn3n2)C1. The van der Waals surface area contributed by atoms with E-state index in [9.17, 15) is 4.79 Å².